The van der Waals surface area contributed by atoms with E-state index in [1.54, 1.807) is 7.11 Å². The summed E-state index contributed by atoms with van der Waals surface area (Å²) in [7, 11) is 1.70. The van der Waals surface area contributed by atoms with E-state index in [-0.39, 0.29) is 6.10 Å². The third-order valence-electron chi connectivity index (χ3n) is 6.40. The first kappa shape index (κ1) is 21.3. The summed E-state index contributed by atoms with van der Waals surface area (Å²) in [6.45, 7) is 2.98. The van der Waals surface area contributed by atoms with Crippen LogP contribution in [-0.4, -0.2) is 22.8 Å². The fourth-order valence-electron chi connectivity index (χ4n) is 4.76. The molecule has 0 radical (unpaired) electrons. The molecule has 0 bridgehead atoms. The van der Waals surface area contributed by atoms with Crippen LogP contribution < -0.4 is 9.47 Å². The molecule has 4 heteroatoms. The van der Waals surface area contributed by atoms with E-state index >= 15 is 0 Å². The molecule has 5 rings (SSSR count). The lowest BCUT2D eigenvalue weighted by Crippen LogP contribution is -2.11. The second-order valence-corrected chi connectivity index (χ2v) is 8.50. The van der Waals surface area contributed by atoms with Crippen molar-refractivity contribution in [1.82, 2.24) is 9.55 Å². The van der Waals surface area contributed by atoms with Gasteiger partial charge in [-0.2, -0.15) is 0 Å². The van der Waals surface area contributed by atoms with Crippen LogP contribution in [0.5, 0.6) is 11.5 Å². The van der Waals surface area contributed by atoms with E-state index in [9.17, 15) is 0 Å². The molecule has 1 fully saturated rings. The molecule has 4 aromatic rings. The van der Waals surface area contributed by atoms with Gasteiger partial charge in [-0.05, 0) is 50.8 Å². The van der Waals surface area contributed by atoms with Gasteiger partial charge < -0.3 is 14.0 Å². The van der Waals surface area contributed by atoms with Crippen molar-refractivity contribution in [2.45, 2.75) is 45.3 Å². The maximum Gasteiger partial charge on any atom is 0.162 e. The Hall–Kier alpha value is -3.53. The highest BCUT2D eigenvalue weighted by atomic mass is 16.5. The monoisotopic (exact) mass is 438 g/mol. The van der Waals surface area contributed by atoms with Gasteiger partial charge in [0.05, 0.1) is 24.6 Å². The Kier molecular flexibility index (Phi) is 6.16. The van der Waals surface area contributed by atoms with Crippen LogP contribution in [0.3, 0.4) is 0 Å². The Morgan fingerprint density at radius 3 is 2.12 bits per heavy atom. The molecule has 1 aromatic heterocycles. The third kappa shape index (κ3) is 4.25. The highest BCUT2D eigenvalue weighted by molar-refractivity contribution is 5.82. The SMILES string of the molecule is CCn1c(-c2ccc(OC)c(OC3CCCC3)c2)nc(-c2ccccc2)c1-c1ccccc1. The lowest BCUT2D eigenvalue weighted by atomic mass is 10.0. The van der Waals surface area contributed by atoms with Crippen molar-refractivity contribution in [3.8, 4) is 45.4 Å². The second kappa shape index (κ2) is 9.53. The van der Waals surface area contributed by atoms with E-state index in [0.29, 0.717) is 0 Å². The topological polar surface area (TPSA) is 36.3 Å². The fourth-order valence-corrected chi connectivity index (χ4v) is 4.76. The normalized spacial score (nSPS) is 13.9. The standard InChI is InChI=1S/C29H30N2O2/c1-3-31-28(22-14-8-5-9-15-22)27(21-12-6-4-7-13-21)30-29(31)23-18-19-25(32-2)26(20-23)33-24-16-10-11-17-24/h4-9,12-15,18-20,24H,3,10-11,16-17H2,1-2H3. The number of hydrogen-bond donors (Lipinski definition) is 0. The molecule has 4 nitrogen and oxygen atoms in total. The molecule has 1 heterocycles. The van der Waals surface area contributed by atoms with Gasteiger partial charge in [0.1, 0.15) is 5.82 Å². The maximum atomic E-state index is 6.38. The number of imidazole rings is 1. The van der Waals surface area contributed by atoms with Crippen LogP contribution >= 0.6 is 0 Å². The molecule has 3 aromatic carbocycles. The number of aromatic nitrogens is 2. The molecule has 0 atom stereocenters. The molecular formula is C29H30N2O2. The van der Waals surface area contributed by atoms with E-state index in [0.717, 1.165) is 64.8 Å². The Morgan fingerprint density at radius 1 is 0.818 bits per heavy atom. The van der Waals surface area contributed by atoms with Gasteiger partial charge in [0.15, 0.2) is 11.5 Å². The molecule has 168 valence electrons. The van der Waals surface area contributed by atoms with E-state index in [1.807, 2.05) is 12.1 Å². The van der Waals surface area contributed by atoms with Gasteiger partial charge in [0.25, 0.3) is 0 Å². The van der Waals surface area contributed by atoms with Gasteiger partial charge in [-0.15, -0.1) is 0 Å². The minimum Gasteiger partial charge on any atom is -0.493 e. The van der Waals surface area contributed by atoms with Gasteiger partial charge in [-0.3, -0.25) is 0 Å². The van der Waals surface area contributed by atoms with E-state index in [4.69, 9.17) is 14.5 Å². The molecule has 0 saturated heterocycles. The molecule has 0 spiro atoms. The summed E-state index contributed by atoms with van der Waals surface area (Å²) in [5.41, 5.74) is 5.43. The number of ether oxygens (including phenoxy) is 2. The summed E-state index contributed by atoms with van der Waals surface area (Å²) in [4.78, 5) is 5.19. The average molecular weight is 439 g/mol. The molecule has 1 aliphatic carbocycles. The van der Waals surface area contributed by atoms with Crippen LogP contribution in [-0.2, 0) is 6.54 Å². The van der Waals surface area contributed by atoms with Gasteiger partial charge >= 0.3 is 0 Å². The zero-order chi connectivity index (χ0) is 22.6. The van der Waals surface area contributed by atoms with Gasteiger partial charge in [-0.25, -0.2) is 4.98 Å². The van der Waals surface area contributed by atoms with E-state index < -0.39 is 0 Å². The smallest absolute Gasteiger partial charge is 0.162 e. The highest BCUT2D eigenvalue weighted by Gasteiger charge is 2.23. The Labute approximate surface area is 195 Å². The Morgan fingerprint density at radius 2 is 1.48 bits per heavy atom. The van der Waals surface area contributed by atoms with E-state index in [2.05, 4.69) is 78.2 Å². The summed E-state index contributed by atoms with van der Waals surface area (Å²) < 4.78 is 14.3. The zero-order valence-electron chi connectivity index (χ0n) is 19.3. The maximum absolute atomic E-state index is 6.38. The highest BCUT2D eigenvalue weighted by Crippen LogP contribution is 2.39. The second-order valence-electron chi connectivity index (χ2n) is 8.50. The first-order valence-electron chi connectivity index (χ1n) is 11.8. The molecular weight excluding hydrogens is 408 g/mol. The summed E-state index contributed by atoms with van der Waals surface area (Å²) in [5.74, 6) is 2.51. The van der Waals surface area contributed by atoms with Crippen LogP contribution in [0.2, 0.25) is 0 Å². The quantitative estimate of drug-likeness (QED) is 0.305. The first-order valence-corrected chi connectivity index (χ1v) is 11.8. The summed E-state index contributed by atoms with van der Waals surface area (Å²) >= 11 is 0. The van der Waals surface area contributed by atoms with Crippen LogP contribution in [0.1, 0.15) is 32.6 Å². The lowest BCUT2D eigenvalue weighted by molar-refractivity contribution is 0.201. The minimum atomic E-state index is 0.264. The van der Waals surface area contributed by atoms with Gasteiger partial charge in [-0.1, -0.05) is 60.7 Å². The van der Waals surface area contributed by atoms with Crippen molar-refractivity contribution in [3.05, 3.63) is 78.9 Å². The molecule has 1 aliphatic rings. The number of rotatable bonds is 7. The van der Waals surface area contributed by atoms with Gasteiger partial charge in [0, 0.05) is 23.2 Å². The molecule has 1 saturated carbocycles. The van der Waals surface area contributed by atoms with Crippen molar-refractivity contribution in [3.63, 3.8) is 0 Å². The van der Waals surface area contributed by atoms with Crippen molar-refractivity contribution in [2.24, 2.45) is 0 Å². The molecule has 0 aliphatic heterocycles. The van der Waals surface area contributed by atoms with Crippen LogP contribution in [0, 0.1) is 0 Å². The van der Waals surface area contributed by atoms with Crippen molar-refractivity contribution in [1.29, 1.82) is 0 Å². The summed E-state index contributed by atoms with van der Waals surface area (Å²) in [6.07, 6.45) is 4.93. The fraction of sp³-hybridized carbons (Fsp3) is 0.276. The lowest BCUT2D eigenvalue weighted by Gasteiger charge is -2.17. The minimum absolute atomic E-state index is 0.264. The summed E-state index contributed by atoms with van der Waals surface area (Å²) in [6, 6.07) is 27.1. The van der Waals surface area contributed by atoms with Crippen LogP contribution in [0.15, 0.2) is 78.9 Å². The first-order chi connectivity index (χ1) is 16.3. The van der Waals surface area contributed by atoms with Crippen molar-refractivity contribution in [2.75, 3.05) is 7.11 Å². The Balaban J connectivity index is 1.66. The predicted molar refractivity (Wildman–Crippen MR) is 134 cm³/mol. The molecule has 0 N–H and O–H groups in total. The van der Waals surface area contributed by atoms with Gasteiger partial charge in [0.2, 0.25) is 0 Å². The zero-order valence-corrected chi connectivity index (χ0v) is 19.3. The molecule has 0 amide bonds. The largest absolute Gasteiger partial charge is 0.493 e. The molecule has 0 unspecified atom stereocenters. The molecule has 33 heavy (non-hydrogen) atoms. The third-order valence-corrected chi connectivity index (χ3v) is 6.40. The Bertz CT molecular complexity index is 1210. The number of nitrogens with zero attached hydrogens (tertiary/aromatic N) is 2. The van der Waals surface area contributed by atoms with Crippen LogP contribution in [0.4, 0.5) is 0 Å². The van der Waals surface area contributed by atoms with Crippen LogP contribution in [0.25, 0.3) is 33.9 Å². The summed E-state index contributed by atoms with van der Waals surface area (Å²) in [5, 5.41) is 0. The number of benzene rings is 3. The predicted octanol–water partition coefficient (Wildman–Crippen LogP) is 7.23. The number of hydrogen-bond acceptors (Lipinski definition) is 3. The van der Waals surface area contributed by atoms with E-state index in [1.165, 1.54) is 12.8 Å². The van der Waals surface area contributed by atoms with Crippen molar-refractivity contribution >= 4 is 0 Å². The number of methoxy groups -OCH3 is 1. The average Bonchev–Trinajstić information content (AvgIpc) is 3.53. The van der Waals surface area contributed by atoms with Crippen molar-refractivity contribution < 1.29 is 9.47 Å².